The van der Waals surface area contributed by atoms with E-state index in [1.54, 1.807) is 0 Å². The molecule has 0 bridgehead atoms. The maximum absolute atomic E-state index is 11.2. The maximum atomic E-state index is 11.2. The van der Waals surface area contributed by atoms with Crippen LogP contribution in [0.3, 0.4) is 0 Å². The Balaban J connectivity index is 3.80. The summed E-state index contributed by atoms with van der Waals surface area (Å²) in [6, 6.07) is 0. The van der Waals surface area contributed by atoms with Crippen LogP contribution in [0.4, 0.5) is 0 Å². The van der Waals surface area contributed by atoms with Crippen LogP contribution in [-0.2, 0) is 9.53 Å². The number of hydrogen-bond donors (Lipinski definition) is 1. The normalized spacial score (nSPS) is 12.8. The van der Waals surface area contributed by atoms with E-state index in [4.69, 9.17) is 10.5 Å². The van der Waals surface area contributed by atoms with E-state index >= 15 is 0 Å². The Kier molecular flexibility index (Phi) is 10.2. The Labute approximate surface area is 105 Å². The second-order valence-corrected chi connectivity index (χ2v) is 4.30. The van der Waals surface area contributed by atoms with E-state index in [0.717, 1.165) is 38.8 Å². The monoisotopic (exact) mass is 244 g/mol. The number of esters is 1. The Morgan fingerprint density at radius 2 is 1.82 bits per heavy atom. The van der Waals surface area contributed by atoms with Gasteiger partial charge in [-0.1, -0.05) is 13.8 Å². The van der Waals surface area contributed by atoms with Gasteiger partial charge in [-0.25, -0.2) is 0 Å². The van der Waals surface area contributed by atoms with Gasteiger partial charge in [-0.15, -0.1) is 0 Å². The zero-order valence-corrected chi connectivity index (χ0v) is 11.6. The van der Waals surface area contributed by atoms with Gasteiger partial charge in [0.15, 0.2) is 0 Å². The lowest BCUT2D eigenvalue weighted by Crippen LogP contribution is -2.42. The highest BCUT2D eigenvalue weighted by molar-refractivity contribution is 5.69. The van der Waals surface area contributed by atoms with Gasteiger partial charge in [0, 0.05) is 6.42 Å². The molecule has 0 rings (SSSR count). The quantitative estimate of drug-likeness (QED) is 0.472. The van der Waals surface area contributed by atoms with Crippen LogP contribution < -0.4 is 5.73 Å². The van der Waals surface area contributed by atoms with E-state index in [0.29, 0.717) is 13.0 Å². The molecule has 2 N–H and O–H groups in total. The highest BCUT2D eigenvalue weighted by atomic mass is 16.5. The van der Waals surface area contributed by atoms with Crippen LogP contribution in [0.1, 0.15) is 52.9 Å². The summed E-state index contributed by atoms with van der Waals surface area (Å²) >= 11 is 0. The van der Waals surface area contributed by atoms with Crippen molar-refractivity contribution < 1.29 is 9.53 Å². The molecule has 0 radical (unpaired) electrons. The van der Waals surface area contributed by atoms with Crippen LogP contribution >= 0.6 is 0 Å². The van der Waals surface area contributed by atoms with Crippen molar-refractivity contribution in [2.24, 2.45) is 5.73 Å². The van der Waals surface area contributed by atoms with Crippen molar-refractivity contribution in [1.82, 2.24) is 4.90 Å². The van der Waals surface area contributed by atoms with Crippen LogP contribution in [0, 0.1) is 0 Å². The molecule has 0 aliphatic heterocycles. The molecule has 17 heavy (non-hydrogen) atoms. The molecule has 0 saturated heterocycles. The minimum atomic E-state index is -0.114. The second-order valence-electron chi connectivity index (χ2n) is 4.30. The van der Waals surface area contributed by atoms with Crippen molar-refractivity contribution in [3.05, 3.63) is 0 Å². The van der Waals surface area contributed by atoms with Crippen molar-refractivity contribution in [1.29, 1.82) is 0 Å². The minimum Gasteiger partial charge on any atom is -0.466 e. The highest BCUT2D eigenvalue weighted by Gasteiger charge is 2.13. The first-order chi connectivity index (χ1) is 8.15. The number of nitrogens with zero attached hydrogens (tertiary/aromatic N) is 1. The smallest absolute Gasteiger partial charge is 0.305 e. The molecule has 1 atom stereocenters. The summed E-state index contributed by atoms with van der Waals surface area (Å²) in [7, 11) is 0. The lowest BCUT2D eigenvalue weighted by Gasteiger charge is -2.28. The molecule has 0 aromatic carbocycles. The van der Waals surface area contributed by atoms with E-state index in [9.17, 15) is 4.79 Å². The lowest BCUT2D eigenvalue weighted by molar-refractivity contribution is -0.143. The summed E-state index contributed by atoms with van der Waals surface area (Å²) in [6.07, 6.45) is 4.46. The predicted molar refractivity (Wildman–Crippen MR) is 70.6 cm³/mol. The van der Waals surface area contributed by atoms with E-state index in [-0.39, 0.29) is 12.1 Å². The first-order valence-corrected chi connectivity index (χ1v) is 6.80. The van der Waals surface area contributed by atoms with E-state index in [2.05, 4.69) is 18.7 Å². The molecule has 4 nitrogen and oxygen atoms in total. The number of carbonyl (C=O) groups is 1. The molecule has 0 amide bonds. The standard InChI is InChI=1S/C13H28N2O2/c1-4-10-15(11-5-2)12(14)8-7-9-13(16)17-6-3/h12H,4-11,14H2,1-3H3. The van der Waals surface area contributed by atoms with Crippen LogP contribution in [0.25, 0.3) is 0 Å². The van der Waals surface area contributed by atoms with Gasteiger partial charge in [-0.05, 0) is 45.7 Å². The second kappa shape index (κ2) is 10.5. The van der Waals surface area contributed by atoms with Gasteiger partial charge >= 0.3 is 5.97 Å². The van der Waals surface area contributed by atoms with Crippen LogP contribution in [0.5, 0.6) is 0 Å². The molecule has 0 aromatic rings. The van der Waals surface area contributed by atoms with Gasteiger partial charge in [-0.2, -0.15) is 0 Å². The van der Waals surface area contributed by atoms with Gasteiger partial charge in [0.05, 0.1) is 12.8 Å². The molecule has 1 unspecified atom stereocenters. The summed E-state index contributed by atoms with van der Waals surface area (Å²) in [5.41, 5.74) is 6.12. The molecule has 4 heteroatoms. The van der Waals surface area contributed by atoms with Gasteiger partial charge in [0.2, 0.25) is 0 Å². The Morgan fingerprint density at radius 3 is 2.29 bits per heavy atom. The number of ether oxygens (including phenoxy) is 1. The molecular weight excluding hydrogens is 216 g/mol. The molecule has 0 aromatic heterocycles. The summed E-state index contributed by atoms with van der Waals surface area (Å²) in [6.45, 7) is 8.68. The molecule has 102 valence electrons. The average molecular weight is 244 g/mol. The van der Waals surface area contributed by atoms with E-state index in [1.807, 2.05) is 6.92 Å². The number of rotatable bonds is 10. The molecule has 0 spiro atoms. The van der Waals surface area contributed by atoms with Crippen molar-refractivity contribution >= 4 is 5.97 Å². The Hall–Kier alpha value is -0.610. The van der Waals surface area contributed by atoms with Gasteiger partial charge in [0.25, 0.3) is 0 Å². The number of hydrogen-bond acceptors (Lipinski definition) is 4. The van der Waals surface area contributed by atoms with E-state index in [1.165, 1.54) is 0 Å². The van der Waals surface area contributed by atoms with Crippen molar-refractivity contribution in [2.75, 3.05) is 19.7 Å². The average Bonchev–Trinajstić information content (AvgIpc) is 2.29. The van der Waals surface area contributed by atoms with Crippen LogP contribution in [0.2, 0.25) is 0 Å². The molecule has 0 aliphatic rings. The first kappa shape index (κ1) is 16.4. The van der Waals surface area contributed by atoms with Gasteiger partial charge in [0.1, 0.15) is 0 Å². The third kappa shape index (κ3) is 8.16. The third-order valence-electron chi connectivity index (χ3n) is 2.68. The zero-order chi connectivity index (χ0) is 13.1. The SMILES string of the molecule is CCCN(CCC)C(N)CCCC(=O)OCC. The number of carbonyl (C=O) groups excluding carboxylic acids is 1. The first-order valence-electron chi connectivity index (χ1n) is 6.80. The fraction of sp³-hybridized carbons (Fsp3) is 0.923. The zero-order valence-electron chi connectivity index (χ0n) is 11.6. The third-order valence-corrected chi connectivity index (χ3v) is 2.68. The predicted octanol–water partition coefficient (Wildman–Crippen LogP) is 2.13. The largest absolute Gasteiger partial charge is 0.466 e. The van der Waals surface area contributed by atoms with Crippen molar-refractivity contribution in [2.45, 2.75) is 59.0 Å². The summed E-state index contributed by atoms with van der Waals surface area (Å²) in [5, 5.41) is 0. The van der Waals surface area contributed by atoms with Gasteiger partial charge in [-0.3, -0.25) is 9.69 Å². The number of nitrogens with two attached hydrogens (primary N) is 1. The fourth-order valence-corrected chi connectivity index (χ4v) is 1.89. The van der Waals surface area contributed by atoms with Crippen molar-refractivity contribution in [3.8, 4) is 0 Å². The van der Waals surface area contributed by atoms with E-state index < -0.39 is 0 Å². The fourth-order valence-electron chi connectivity index (χ4n) is 1.89. The maximum Gasteiger partial charge on any atom is 0.305 e. The van der Waals surface area contributed by atoms with Crippen molar-refractivity contribution in [3.63, 3.8) is 0 Å². The van der Waals surface area contributed by atoms with Crippen LogP contribution in [0.15, 0.2) is 0 Å². The highest BCUT2D eigenvalue weighted by Crippen LogP contribution is 2.06. The molecule has 0 aliphatic carbocycles. The summed E-state index contributed by atoms with van der Waals surface area (Å²) in [5.74, 6) is -0.114. The molecule has 0 heterocycles. The molecule has 0 saturated carbocycles. The lowest BCUT2D eigenvalue weighted by atomic mass is 10.2. The Morgan fingerprint density at radius 1 is 1.24 bits per heavy atom. The van der Waals surface area contributed by atoms with Gasteiger partial charge < -0.3 is 10.5 Å². The van der Waals surface area contributed by atoms with Crippen LogP contribution in [-0.4, -0.2) is 36.7 Å². The topological polar surface area (TPSA) is 55.6 Å². The molecular formula is C13H28N2O2. The summed E-state index contributed by atoms with van der Waals surface area (Å²) < 4.78 is 4.89. The molecule has 0 fully saturated rings. The minimum absolute atomic E-state index is 0.0735. The summed E-state index contributed by atoms with van der Waals surface area (Å²) in [4.78, 5) is 13.5. The Bertz CT molecular complexity index is 192.